The zero-order valence-corrected chi connectivity index (χ0v) is 18.4. The van der Waals surface area contributed by atoms with Crippen LogP contribution in [0.5, 0.6) is 5.88 Å². The maximum absolute atomic E-state index is 13.2. The van der Waals surface area contributed by atoms with Gasteiger partial charge in [0.2, 0.25) is 11.8 Å². The number of halogens is 1. The largest absolute Gasteiger partial charge is 0.475 e. The molecule has 1 aliphatic rings. The van der Waals surface area contributed by atoms with Crippen molar-refractivity contribution in [2.24, 2.45) is 0 Å². The number of carbonyl (C=O) groups excluding carboxylic acids is 1. The van der Waals surface area contributed by atoms with E-state index in [4.69, 9.17) is 4.74 Å². The molecule has 5 rings (SSSR count). The van der Waals surface area contributed by atoms with Crippen LogP contribution in [-0.2, 0) is 4.79 Å². The minimum atomic E-state index is -0.740. The zero-order valence-electron chi connectivity index (χ0n) is 18.4. The third kappa shape index (κ3) is 4.49. The van der Waals surface area contributed by atoms with Gasteiger partial charge in [0, 0.05) is 23.6 Å². The molecule has 1 N–H and O–H groups in total. The van der Waals surface area contributed by atoms with E-state index < -0.39 is 6.04 Å². The highest BCUT2D eigenvalue weighted by atomic mass is 19.1. The summed E-state index contributed by atoms with van der Waals surface area (Å²) in [6.07, 6.45) is 2.12. The highest BCUT2D eigenvalue weighted by molar-refractivity contribution is 5.79. The number of nitrogens with one attached hydrogen (secondary N) is 1. The van der Waals surface area contributed by atoms with E-state index in [1.54, 1.807) is 37.3 Å². The van der Waals surface area contributed by atoms with Crippen LogP contribution in [0.2, 0.25) is 0 Å². The van der Waals surface area contributed by atoms with E-state index in [0.29, 0.717) is 28.8 Å². The molecule has 0 radical (unpaired) electrons. The topological polar surface area (TPSA) is 116 Å². The van der Waals surface area contributed by atoms with Gasteiger partial charge in [0.25, 0.3) is 5.56 Å². The van der Waals surface area contributed by atoms with Gasteiger partial charge in [0.1, 0.15) is 18.5 Å². The van der Waals surface area contributed by atoms with Crippen LogP contribution in [0.3, 0.4) is 0 Å². The molecule has 34 heavy (non-hydrogen) atoms. The van der Waals surface area contributed by atoms with Gasteiger partial charge in [-0.1, -0.05) is 0 Å². The molecule has 1 saturated carbocycles. The number of benzene rings is 1. The highest BCUT2D eigenvalue weighted by Crippen LogP contribution is 2.38. The molecule has 1 unspecified atom stereocenters. The summed E-state index contributed by atoms with van der Waals surface area (Å²) < 4.78 is 21.6. The van der Waals surface area contributed by atoms with Crippen molar-refractivity contribution in [2.75, 3.05) is 13.2 Å². The van der Waals surface area contributed by atoms with Crippen LogP contribution in [0, 0.1) is 5.82 Å². The van der Waals surface area contributed by atoms with Gasteiger partial charge in [-0.2, -0.15) is 9.61 Å². The minimum absolute atomic E-state index is 0.162. The minimum Gasteiger partial charge on any atom is -0.475 e. The number of rotatable bonds is 8. The molecule has 174 valence electrons. The molecule has 1 aromatic carbocycles. The standard InChI is InChI=1S/C23H22FN7O3/c1-14(30-21(32)11-8-18(28-30)15-2-3-15)23(33)25-12-13-34-20-10-9-19-26-27-22(31(19)29-20)16-4-6-17(24)7-5-16/h4-11,14-15H,2-3,12-13H2,1H3,(H,25,33). The molecule has 0 spiro atoms. The summed E-state index contributed by atoms with van der Waals surface area (Å²) in [7, 11) is 0. The van der Waals surface area contributed by atoms with Crippen molar-refractivity contribution in [3.8, 4) is 17.3 Å². The van der Waals surface area contributed by atoms with E-state index in [9.17, 15) is 14.0 Å². The summed E-state index contributed by atoms with van der Waals surface area (Å²) in [5.41, 5.74) is 1.71. The Morgan fingerprint density at radius 1 is 1.12 bits per heavy atom. The van der Waals surface area contributed by atoms with Gasteiger partial charge in [-0.05, 0) is 56.2 Å². The van der Waals surface area contributed by atoms with Crippen LogP contribution in [0.15, 0.2) is 53.3 Å². The van der Waals surface area contributed by atoms with Gasteiger partial charge in [-0.3, -0.25) is 9.59 Å². The van der Waals surface area contributed by atoms with Gasteiger partial charge in [-0.15, -0.1) is 15.3 Å². The monoisotopic (exact) mass is 463 g/mol. The van der Waals surface area contributed by atoms with Gasteiger partial charge >= 0.3 is 0 Å². The summed E-state index contributed by atoms with van der Waals surface area (Å²) in [6.45, 7) is 2.02. The molecule has 1 atom stereocenters. The Labute approximate surface area is 193 Å². The molecule has 3 heterocycles. The highest BCUT2D eigenvalue weighted by Gasteiger charge is 2.27. The Morgan fingerprint density at radius 2 is 1.91 bits per heavy atom. The van der Waals surface area contributed by atoms with Crippen molar-refractivity contribution >= 4 is 11.6 Å². The summed E-state index contributed by atoms with van der Waals surface area (Å²) in [5, 5.41) is 19.7. The molecular formula is C23H22FN7O3. The number of carbonyl (C=O) groups is 1. The van der Waals surface area contributed by atoms with Gasteiger partial charge in [0.15, 0.2) is 11.5 Å². The third-order valence-electron chi connectivity index (χ3n) is 5.58. The number of nitrogens with zero attached hydrogens (tertiary/aromatic N) is 6. The molecule has 10 nitrogen and oxygen atoms in total. The van der Waals surface area contributed by atoms with Crippen LogP contribution in [0.25, 0.3) is 17.0 Å². The lowest BCUT2D eigenvalue weighted by atomic mass is 10.2. The van der Waals surface area contributed by atoms with Gasteiger partial charge < -0.3 is 10.1 Å². The first-order chi connectivity index (χ1) is 16.5. The second-order valence-electron chi connectivity index (χ2n) is 8.10. The average molecular weight is 463 g/mol. The molecule has 1 aliphatic carbocycles. The quantitative estimate of drug-likeness (QED) is 0.398. The zero-order chi connectivity index (χ0) is 23.7. The van der Waals surface area contributed by atoms with Crippen LogP contribution in [-0.4, -0.2) is 48.7 Å². The van der Waals surface area contributed by atoms with Gasteiger partial charge in [0.05, 0.1) is 12.2 Å². The molecule has 1 amide bonds. The fourth-order valence-electron chi connectivity index (χ4n) is 3.53. The molecule has 4 aromatic rings. The normalized spacial score (nSPS) is 14.2. The van der Waals surface area contributed by atoms with Crippen molar-refractivity contribution in [3.63, 3.8) is 0 Å². The van der Waals surface area contributed by atoms with Crippen molar-refractivity contribution < 1.29 is 13.9 Å². The van der Waals surface area contributed by atoms with Gasteiger partial charge in [-0.25, -0.2) is 9.07 Å². The Balaban J connectivity index is 1.20. The molecule has 3 aromatic heterocycles. The predicted molar refractivity (Wildman–Crippen MR) is 120 cm³/mol. The molecule has 11 heteroatoms. The lowest BCUT2D eigenvalue weighted by molar-refractivity contribution is -0.124. The first-order valence-corrected chi connectivity index (χ1v) is 11.0. The molecule has 0 saturated heterocycles. The lowest BCUT2D eigenvalue weighted by Crippen LogP contribution is -2.38. The smallest absolute Gasteiger partial charge is 0.267 e. The summed E-state index contributed by atoms with van der Waals surface area (Å²) in [5.74, 6) is 0.478. The SMILES string of the molecule is CC(C(=O)NCCOc1ccc2nnc(-c3ccc(F)cc3)n2n1)n1nc(C2CC2)ccc1=O. The maximum atomic E-state index is 13.2. The first-order valence-electron chi connectivity index (χ1n) is 11.0. The van der Waals surface area contributed by atoms with Crippen LogP contribution < -0.4 is 15.6 Å². The first kappa shape index (κ1) is 21.7. The Hall–Kier alpha value is -4.15. The van der Waals surface area contributed by atoms with Crippen molar-refractivity contribution in [2.45, 2.75) is 31.7 Å². The predicted octanol–water partition coefficient (Wildman–Crippen LogP) is 2.12. The van der Waals surface area contributed by atoms with E-state index >= 15 is 0 Å². The number of ether oxygens (including phenoxy) is 1. The van der Waals surface area contributed by atoms with E-state index in [-0.39, 0.29) is 30.4 Å². The fourth-order valence-corrected chi connectivity index (χ4v) is 3.53. The number of amides is 1. The molecular weight excluding hydrogens is 441 g/mol. The van der Waals surface area contributed by atoms with Crippen molar-refractivity contribution in [1.82, 2.24) is 34.9 Å². The van der Waals surface area contributed by atoms with E-state index in [1.165, 1.54) is 27.4 Å². The Bertz CT molecular complexity index is 1400. The number of hydrogen-bond acceptors (Lipinski definition) is 7. The second kappa shape index (κ2) is 9.00. The van der Waals surface area contributed by atoms with Crippen molar-refractivity contribution in [1.29, 1.82) is 0 Å². The fraction of sp³-hybridized carbons (Fsp3) is 0.304. The van der Waals surface area contributed by atoms with Crippen LogP contribution in [0.4, 0.5) is 4.39 Å². The van der Waals surface area contributed by atoms with Crippen molar-refractivity contribution in [3.05, 3.63) is 70.4 Å². The summed E-state index contributed by atoms with van der Waals surface area (Å²) in [6, 6.07) is 11.7. The molecule has 1 fully saturated rings. The Kier molecular flexibility index (Phi) is 5.74. The number of hydrogen-bond donors (Lipinski definition) is 1. The molecule has 0 aliphatic heterocycles. The Morgan fingerprint density at radius 3 is 2.68 bits per heavy atom. The van der Waals surface area contributed by atoms with Crippen LogP contribution in [0.1, 0.15) is 37.4 Å². The summed E-state index contributed by atoms with van der Waals surface area (Å²) >= 11 is 0. The van der Waals surface area contributed by atoms with E-state index in [1.807, 2.05) is 0 Å². The lowest BCUT2D eigenvalue weighted by Gasteiger charge is -2.15. The third-order valence-corrected chi connectivity index (χ3v) is 5.58. The van der Waals surface area contributed by atoms with E-state index in [2.05, 4.69) is 25.7 Å². The average Bonchev–Trinajstić information content (AvgIpc) is 3.61. The number of fused-ring (bicyclic) bond motifs is 1. The van der Waals surface area contributed by atoms with Crippen LogP contribution >= 0.6 is 0 Å². The molecule has 0 bridgehead atoms. The summed E-state index contributed by atoms with van der Waals surface area (Å²) in [4.78, 5) is 24.7. The van der Waals surface area contributed by atoms with E-state index in [0.717, 1.165) is 18.5 Å². The second-order valence-corrected chi connectivity index (χ2v) is 8.10. The number of aromatic nitrogens is 6. The maximum Gasteiger partial charge on any atom is 0.267 e.